The highest BCUT2D eigenvalue weighted by molar-refractivity contribution is 6.00. The van der Waals surface area contributed by atoms with Gasteiger partial charge >= 0.3 is 11.9 Å². The lowest BCUT2D eigenvalue weighted by Crippen LogP contribution is -2.21. The van der Waals surface area contributed by atoms with E-state index in [1.807, 2.05) is 13.8 Å². The van der Waals surface area contributed by atoms with E-state index >= 15 is 0 Å². The Bertz CT molecular complexity index is 457. The first-order chi connectivity index (χ1) is 12.8. The predicted octanol–water partition coefficient (Wildman–Crippen LogP) is 6.38. The summed E-state index contributed by atoms with van der Waals surface area (Å²) in [5, 5.41) is 0. The molecule has 0 aromatic heterocycles. The molecule has 0 heterocycles. The quantitative estimate of drug-likeness (QED) is 0.199. The molecule has 0 fully saturated rings. The van der Waals surface area contributed by atoms with Gasteiger partial charge in [0.2, 0.25) is 0 Å². The van der Waals surface area contributed by atoms with Crippen molar-refractivity contribution in [2.24, 2.45) is 5.41 Å². The van der Waals surface area contributed by atoms with Crippen LogP contribution < -0.4 is 0 Å². The highest BCUT2D eigenvalue weighted by atomic mass is 16.5. The van der Waals surface area contributed by atoms with Gasteiger partial charge in [0.05, 0.1) is 13.2 Å². The summed E-state index contributed by atoms with van der Waals surface area (Å²) in [5.74, 6) is -0.709. The van der Waals surface area contributed by atoms with Crippen molar-refractivity contribution in [1.29, 1.82) is 0 Å². The largest absolute Gasteiger partial charge is 0.462 e. The van der Waals surface area contributed by atoms with Gasteiger partial charge in [-0.3, -0.25) is 0 Å². The molecule has 0 saturated heterocycles. The fourth-order valence-corrected chi connectivity index (χ4v) is 2.85. The summed E-state index contributed by atoms with van der Waals surface area (Å²) in [4.78, 5) is 25.4. The third-order valence-electron chi connectivity index (χ3n) is 4.22. The number of hydrogen-bond acceptors (Lipinski definition) is 4. The lowest BCUT2D eigenvalue weighted by Gasteiger charge is -2.22. The van der Waals surface area contributed by atoms with E-state index in [2.05, 4.69) is 27.7 Å². The van der Waals surface area contributed by atoms with Gasteiger partial charge in [-0.25, -0.2) is 9.59 Å². The Hall–Kier alpha value is -1.32. The van der Waals surface area contributed by atoms with Crippen molar-refractivity contribution in [3.05, 3.63) is 11.1 Å². The van der Waals surface area contributed by atoms with Crippen molar-refractivity contribution in [3.63, 3.8) is 0 Å². The molecule has 158 valence electrons. The number of carbonyl (C=O) groups is 2. The van der Waals surface area contributed by atoms with Gasteiger partial charge in [0.1, 0.15) is 0 Å². The first-order valence-corrected chi connectivity index (χ1v) is 10.8. The summed E-state index contributed by atoms with van der Waals surface area (Å²) in [6.07, 6.45) is 9.46. The van der Waals surface area contributed by atoms with Crippen molar-refractivity contribution in [2.75, 3.05) is 13.2 Å². The monoisotopic (exact) mass is 382 g/mol. The van der Waals surface area contributed by atoms with Crippen molar-refractivity contribution >= 4 is 11.9 Å². The number of carbonyl (C=O) groups excluding carboxylic acids is 2. The van der Waals surface area contributed by atoms with Crippen LogP contribution in [0.25, 0.3) is 0 Å². The van der Waals surface area contributed by atoms with E-state index in [4.69, 9.17) is 9.47 Å². The average Bonchev–Trinajstić information content (AvgIpc) is 2.61. The second kappa shape index (κ2) is 14.7. The van der Waals surface area contributed by atoms with Gasteiger partial charge in [-0.05, 0) is 37.5 Å². The Morgan fingerprint density at radius 2 is 1.15 bits per heavy atom. The molecule has 0 saturated carbocycles. The van der Waals surface area contributed by atoms with Crippen LogP contribution in [0.3, 0.4) is 0 Å². The summed E-state index contributed by atoms with van der Waals surface area (Å²) in [5.41, 5.74) is 0.915. The summed E-state index contributed by atoms with van der Waals surface area (Å²) in [6, 6.07) is 0. The minimum atomic E-state index is -0.360. The maximum atomic E-state index is 12.7. The molecule has 4 heteroatoms. The van der Waals surface area contributed by atoms with Gasteiger partial charge in [-0.2, -0.15) is 0 Å². The Labute approximate surface area is 167 Å². The number of ether oxygens (including phenoxy) is 2. The van der Waals surface area contributed by atoms with E-state index in [9.17, 15) is 9.59 Å². The van der Waals surface area contributed by atoms with Crippen molar-refractivity contribution in [1.82, 2.24) is 0 Å². The molecule has 0 amide bonds. The van der Waals surface area contributed by atoms with Gasteiger partial charge in [0.25, 0.3) is 0 Å². The van der Waals surface area contributed by atoms with Gasteiger partial charge < -0.3 is 9.47 Å². The van der Waals surface area contributed by atoms with Gasteiger partial charge in [0.15, 0.2) is 0 Å². The number of rotatable bonds is 14. The normalized spacial score (nSPS) is 12.5. The maximum absolute atomic E-state index is 12.7. The molecule has 4 nitrogen and oxygen atoms in total. The molecule has 0 spiro atoms. The summed E-state index contributed by atoms with van der Waals surface area (Å²) >= 11 is 0. The van der Waals surface area contributed by atoms with Crippen LogP contribution in [0.1, 0.15) is 106 Å². The summed E-state index contributed by atoms with van der Waals surface area (Å²) < 4.78 is 10.8. The maximum Gasteiger partial charge on any atom is 0.334 e. The van der Waals surface area contributed by atoms with E-state index in [0.29, 0.717) is 37.2 Å². The molecule has 0 radical (unpaired) electrons. The molecule has 0 aliphatic carbocycles. The standard InChI is InChI=1S/C23H42O4/c1-7-10-11-12-13-14-15-19(21(24)26-16-8-2)20(18-23(4,5)6)22(25)27-17-9-3/h7-18H2,1-6H3. The van der Waals surface area contributed by atoms with Crippen LogP contribution in [0.15, 0.2) is 11.1 Å². The molecule has 0 bridgehead atoms. The van der Waals surface area contributed by atoms with E-state index in [1.54, 1.807) is 0 Å². The third kappa shape index (κ3) is 12.6. The van der Waals surface area contributed by atoms with E-state index < -0.39 is 0 Å². The molecule has 0 N–H and O–H groups in total. The zero-order valence-electron chi connectivity index (χ0n) is 18.6. The Kier molecular flexibility index (Phi) is 14.0. The topological polar surface area (TPSA) is 52.6 Å². The van der Waals surface area contributed by atoms with Crippen LogP contribution in [0.4, 0.5) is 0 Å². The molecule has 0 aliphatic heterocycles. The fourth-order valence-electron chi connectivity index (χ4n) is 2.85. The van der Waals surface area contributed by atoms with Crippen LogP contribution in [0.5, 0.6) is 0 Å². The average molecular weight is 383 g/mol. The van der Waals surface area contributed by atoms with Crippen LogP contribution in [0, 0.1) is 5.41 Å². The van der Waals surface area contributed by atoms with Gasteiger partial charge in [-0.1, -0.05) is 73.6 Å². The number of unbranched alkanes of at least 4 members (excludes halogenated alkanes) is 5. The Morgan fingerprint density at radius 3 is 1.63 bits per heavy atom. The first kappa shape index (κ1) is 25.7. The summed E-state index contributed by atoms with van der Waals surface area (Å²) in [7, 11) is 0. The fraction of sp³-hybridized carbons (Fsp3) is 0.826. The smallest absolute Gasteiger partial charge is 0.334 e. The SMILES string of the molecule is CCCCCCCCC(C(=O)OCCC)=C(CC(C)(C)C)C(=O)OCCC. The predicted molar refractivity (Wildman–Crippen MR) is 112 cm³/mol. The van der Waals surface area contributed by atoms with E-state index in [-0.39, 0.29) is 17.4 Å². The Morgan fingerprint density at radius 1 is 0.667 bits per heavy atom. The van der Waals surface area contributed by atoms with Gasteiger partial charge in [0, 0.05) is 11.1 Å². The minimum absolute atomic E-state index is 0.113. The second-order valence-corrected chi connectivity index (χ2v) is 8.48. The van der Waals surface area contributed by atoms with E-state index in [0.717, 1.165) is 25.7 Å². The molecule has 0 rings (SSSR count). The zero-order chi connectivity index (χ0) is 20.7. The van der Waals surface area contributed by atoms with Crippen LogP contribution in [-0.4, -0.2) is 25.2 Å². The summed E-state index contributed by atoms with van der Waals surface area (Å²) in [6.45, 7) is 13.1. The lowest BCUT2D eigenvalue weighted by molar-refractivity contribution is -0.142. The third-order valence-corrected chi connectivity index (χ3v) is 4.22. The van der Waals surface area contributed by atoms with Gasteiger partial charge in [-0.15, -0.1) is 0 Å². The Balaban J connectivity index is 5.40. The molecule has 0 unspecified atom stereocenters. The van der Waals surface area contributed by atoms with Crippen LogP contribution in [-0.2, 0) is 19.1 Å². The van der Waals surface area contributed by atoms with Crippen molar-refractivity contribution < 1.29 is 19.1 Å². The minimum Gasteiger partial charge on any atom is -0.462 e. The highest BCUT2D eigenvalue weighted by Crippen LogP contribution is 2.29. The van der Waals surface area contributed by atoms with Crippen LogP contribution in [0.2, 0.25) is 0 Å². The first-order valence-electron chi connectivity index (χ1n) is 10.8. The second-order valence-electron chi connectivity index (χ2n) is 8.48. The molecular formula is C23H42O4. The molecule has 0 aromatic rings. The highest BCUT2D eigenvalue weighted by Gasteiger charge is 2.27. The lowest BCUT2D eigenvalue weighted by atomic mass is 9.85. The van der Waals surface area contributed by atoms with Crippen LogP contribution >= 0.6 is 0 Å². The molecule has 0 atom stereocenters. The molecule has 27 heavy (non-hydrogen) atoms. The number of hydrogen-bond donors (Lipinski definition) is 0. The number of esters is 2. The zero-order valence-corrected chi connectivity index (χ0v) is 18.6. The molecule has 0 aromatic carbocycles. The molecular weight excluding hydrogens is 340 g/mol. The van der Waals surface area contributed by atoms with E-state index in [1.165, 1.54) is 25.7 Å². The van der Waals surface area contributed by atoms with Crippen molar-refractivity contribution in [2.45, 2.75) is 106 Å². The van der Waals surface area contributed by atoms with Crippen molar-refractivity contribution in [3.8, 4) is 0 Å². The molecule has 0 aliphatic rings.